The normalized spacial score (nSPS) is 15.2. The van der Waals surface area contributed by atoms with E-state index in [1.165, 1.54) is 10.4 Å². The number of sulfonamides is 2. The van der Waals surface area contributed by atoms with Crippen molar-refractivity contribution >= 4 is 37.3 Å². The first-order chi connectivity index (χ1) is 15.5. The van der Waals surface area contributed by atoms with Gasteiger partial charge < -0.3 is 5.32 Å². The number of carbonyl (C=O) groups is 1. The Morgan fingerprint density at radius 1 is 0.970 bits per heavy atom. The molecule has 33 heavy (non-hydrogen) atoms. The molecule has 2 aromatic rings. The summed E-state index contributed by atoms with van der Waals surface area (Å²) < 4.78 is 54.6. The van der Waals surface area contributed by atoms with Crippen LogP contribution in [0.15, 0.2) is 41.3 Å². The number of anilines is 2. The average molecular weight is 494 g/mol. The first-order valence-corrected chi connectivity index (χ1v) is 14.2. The molecule has 1 saturated heterocycles. The van der Waals surface area contributed by atoms with Gasteiger partial charge in [0.2, 0.25) is 20.0 Å². The number of rotatable bonds is 8. The van der Waals surface area contributed by atoms with Crippen LogP contribution in [-0.2, 0) is 20.0 Å². The zero-order valence-corrected chi connectivity index (χ0v) is 20.9. The van der Waals surface area contributed by atoms with E-state index in [1.807, 2.05) is 0 Å². The molecule has 0 aliphatic carbocycles. The van der Waals surface area contributed by atoms with E-state index in [9.17, 15) is 21.6 Å². The highest BCUT2D eigenvalue weighted by Crippen LogP contribution is 2.27. The molecule has 2 N–H and O–H groups in total. The minimum Gasteiger partial charge on any atom is -0.322 e. The molecule has 0 saturated carbocycles. The maximum Gasteiger partial charge on any atom is 0.255 e. The van der Waals surface area contributed by atoms with E-state index in [-0.39, 0.29) is 16.2 Å². The van der Waals surface area contributed by atoms with Gasteiger partial charge in [0.15, 0.2) is 0 Å². The number of hydrogen-bond donors (Lipinski definition) is 2. The van der Waals surface area contributed by atoms with Crippen molar-refractivity contribution in [1.82, 2.24) is 4.31 Å². The van der Waals surface area contributed by atoms with Gasteiger partial charge in [-0.3, -0.25) is 9.52 Å². The zero-order valence-electron chi connectivity index (χ0n) is 19.2. The third kappa shape index (κ3) is 5.93. The molecular weight excluding hydrogens is 462 g/mol. The van der Waals surface area contributed by atoms with Crippen molar-refractivity contribution in [2.45, 2.75) is 51.3 Å². The van der Waals surface area contributed by atoms with Crippen LogP contribution in [0.2, 0.25) is 0 Å². The second-order valence-corrected chi connectivity index (χ2v) is 12.0. The number of aryl methyl sites for hydroxylation is 1. The maximum atomic E-state index is 13.2. The molecule has 0 radical (unpaired) electrons. The van der Waals surface area contributed by atoms with Gasteiger partial charge in [0.25, 0.3) is 5.91 Å². The van der Waals surface area contributed by atoms with Crippen LogP contribution in [0.5, 0.6) is 0 Å². The summed E-state index contributed by atoms with van der Waals surface area (Å²) in [5.41, 5.74) is 2.20. The van der Waals surface area contributed by atoms with Crippen LogP contribution in [0.1, 0.15) is 54.1 Å². The number of piperidine rings is 1. The molecule has 1 aliphatic rings. The summed E-state index contributed by atoms with van der Waals surface area (Å²) in [6.45, 7) is 6.18. The molecule has 0 spiro atoms. The van der Waals surface area contributed by atoms with Crippen molar-refractivity contribution in [2.24, 2.45) is 0 Å². The van der Waals surface area contributed by atoms with Crippen molar-refractivity contribution in [3.63, 3.8) is 0 Å². The van der Waals surface area contributed by atoms with Crippen molar-refractivity contribution in [3.8, 4) is 0 Å². The second kappa shape index (κ2) is 10.2. The second-order valence-electron chi connectivity index (χ2n) is 8.30. The summed E-state index contributed by atoms with van der Waals surface area (Å²) in [5, 5.41) is 2.78. The van der Waals surface area contributed by atoms with Crippen molar-refractivity contribution in [2.75, 3.05) is 28.9 Å². The monoisotopic (exact) mass is 493 g/mol. The fraction of sp³-hybridized carbons (Fsp3) is 0.435. The molecule has 1 aliphatic heterocycles. The number of amides is 1. The van der Waals surface area contributed by atoms with Gasteiger partial charge in [-0.2, -0.15) is 4.31 Å². The molecule has 8 nitrogen and oxygen atoms in total. The van der Waals surface area contributed by atoms with E-state index in [4.69, 9.17) is 0 Å². The molecule has 10 heteroatoms. The molecule has 0 unspecified atom stereocenters. The molecule has 0 bridgehead atoms. The molecule has 1 fully saturated rings. The quantitative estimate of drug-likeness (QED) is 0.579. The lowest BCUT2D eigenvalue weighted by molar-refractivity contribution is 0.102. The van der Waals surface area contributed by atoms with E-state index in [2.05, 4.69) is 10.0 Å². The number of benzene rings is 2. The Labute approximate surface area is 196 Å². The van der Waals surface area contributed by atoms with Crippen LogP contribution >= 0.6 is 0 Å². The lowest BCUT2D eigenvalue weighted by atomic mass is 10.1. The number of nitrogens with one attached hydrogen (secondary N) is 2. The van der Waals surface area contributed by atoms with E-state index >= 15 is 0 Å². The average Bonchev–Trinajstić information content (AvgIpc) is 2.77. The predicted molar refractivity (Wildman–Crippen MR) is 131 cm³/mol. The van der Waals surface area contributed by atoms with Crippen LogP contribution in [0.25, 0.3) is 0 Å². The Morgan fingerprint density at radius 3 is 2.30 bits per heavy atom. The van der Waals surface area contributed by atoms with Crippen LogP contribution in [-0.4, -0.2) is 45.9 Å². The maximum absolute atomic E-state index is 13.2. The largest absolute Gasteiger partial charge is 0.322 e. The van der Waals surface area contributed by atoms with Crippen molar-refractivity contribution in [3.05, 3.63) is 53.1 Å². The number of hydrogen-bond acceptors (Lipinski definition) is 5. The van der Waals surface area contributed by atoms with Crippen LogP contribution in [0.3, 0.4) is 0 Å². The van der Waals surface area contributed by atoms with E-state index < -0.39 is 26.0 Å². The first-order valence-electron chi connectivity index (χ1n) is 11.1. The number of carbonyl (C=O) groups excluding carboxylic acids is 1. The Morgan fingerprint density at radius 2 is 1.64 bits per heavy atom. The Hall–Kier alpha value is -2.43. The molecule has 180 valence electrons. The van der Waals surface area contributed by atoms with Gasteiger partial charge in [-0.05, 0) is 68.5 Å². The summed E-state index contributed by atoms with van der Waals surface area (Å²) in [6, 6.07) is 9.58. The fourth-order valence-corrected chi connectivity index (χ4v) is 6.79. The summed E-state index contributed by atoms with van der Waals surface area (Å²) in [6.07, 6.45) is 3.16. The zero-order chi connectivity index (χ0) is 24.2. The molecule has 1 heterocycles. The minimum absolute atomic E-state index is 0.000656. The van der Waals surface area contributed by atoms with Crippen molar-refractivity contribution in [1.29, 1.82) is 0 Å². The SMILES string of the molecule is CCCS(=O)(=O)Nc1cccc(NC(=O)c2ccc(C)c(S(=O)(=O)N3CCCCC3)c2)c1C. The van der Waals surface area contributed by atoms with Gasteiger partial charge in [0, 0.05) is 24.3 Å². The van der Waals surface area contributed by atoms with E-state index in [1.54, 1.807) is 51.1 Å². The highest BCUT2D eigenvalue weighted by Gasteiger charge is 2.28. The van der Waals surface area contributed by atoms with Gasteiger partial charge in [0.1, 0.15) is 0 Å². The lowest BCUT2D eigenvalue weighted by Gasteiger charge is -2.26. The van der Waals surface area contributed by atoms with Gasteiger partial charge >= 0.3 is 0 Å². The smallest absolute Gasteiger partial charge is 0.255 e. The molecule has 1 amide bonds. The topological polar surface area (TPSA) is 113 Å². The van der Waals surface area contributed by atoms with Gasteiger partial charge in [-0.25, -0.2) is 16.8 Å². The van der Waals surface area contributed by atoms with E-state index in [0.717, 1.165) is 19.3 Å². The molecular formula is C23H31N3O5S2. The van der Waals surface area contributed by atoms with Crippen molar-refractivity contribution < 1.29 is 21.6 Å². The molecule has 2 aromatic carbocycles. The van der Waals surface area contributed by atoms with E-state index in [0.29, 0.717) is 42.0 Å². The van der Waals surface area contributed by atoms with Crippen LogP contribution < -0.4 is 10.0 Å². The molecule has 0 atom stereocenters. The number of nitrogens with zero attached hydrogens (tertiary/aromatic N) is 1. The van der Waals surface area contributed by atoms with Gasteiger partial charge in [0.05, 0.1) is 16.3 Å². The third-order valence-electron chi connectivity index (χ3n) is 5.70. The predicted octanol–water partition coefficient (Wildman–Crippen LogP) is 3.88. The highest BCUT2D eigenvalue weighted by molar-refractivity contribution is 7.92. The standard InChI is InChI=1S/C23H31N3O5S2/c1-4-15-32(28,29)25-21-10-8-9-20(18(21)3)24-23(27)19-12-11-17(2)22(16-19)33(30,31)26-13-6-5-7-14-26/h8-12,16,25H,4-7,13-15H2,1-3H3,(H,24,27). The Bertz CT molecular complexity index is 1230. The minimum atomic E-state index is -3.69. The lowest BCUT2D eigenvalue weighted by Crippen LogP contribution is -2.36. The summed E-state index contributed by atoms with van der Waals surface area (Å²) >= 11 is 0. The van der Waals surface area contributed by atoms with Gasteiger partial charge in [-0.15, -0.1) is 0 Å². The molecule has 3 rings (SSSR count). The summed E-state index contributed by atoms with van der Waals surface area (Å²) in [7, 11) is -7.16. The highest BCUT2D eigenvalue weighted by atomic mass is 32.2. The molecule has 0 aromatic heterocycles. The first kappa shape index (κ1) is 25.2. The summed E-state index contributed by atoms with van der Waals surface area (Å²) in [5.74, 6) is -0.470. The van der Waals surface area contributed by atoms with Crippen LogP contribution in [0.4, 0.5) is 11.4 Å². The fourth-order valence-electron chi connectivity index (χ4n) is 3.83. The van der Waals surface area contributed by atoms with Gasteiger partial charge in [-0.1, -0.05) is 25.5 Å². The Kier molecular flexibility index (Phi) is 7.81. The van der Waals surface area contributed by atoms with Crippen LogP contribution in [0, 0.1) is 13.8 Å². The summed E-state index contributed by atoms with van der Waals surface area (Å²) in [4.78, 5) is 13.1. The Balaban J connectivity index is 1.86. The third-order valence-corrected chi connectivity index (χ3v) is 9.22.